The van der Waals surface area contributed by atoms with Crippen LogP contribution >= 0.6 is 0 Å². The number of rotatable bonds is 15. The van der Waals surface area contributed by atoms with Gasteiger partial charge in [0.05, 0.1) is 6.04 Å². The maximum Gasteiger partial charge on any atom is 0.251 e. The van der Waals surface area contributed by atoms with Gasteiger partial charge in [-0.1, -0.05) is 66.7 Å². The number of pyridine rings is 1. The minimum atomic E-state index is -0.801. The Bertz CT molecular complexity index is 1860. The van der Waals surface area contributed by atoms with Gasteiger partial charge in [-0.25, -0.2) is 4.39 Å². The van der Waals surface area contributed by atoms with Gasteiger partial charge in [0.1, 0.15) is 11.9 Å². The molecule has 5 rings (SSSR count). The van der Waals surface area contributed by atoms with E-state index in [9.17, 15) is 14.0 Å². The normalized spacial score (nSPS) is 12.3. The van der Waals surface area contributed by atoms with Crippen molar-refractivity contribution in [3.8, 4) is 0 Å². The van der Waals surface area contributed by atoms with Gasteiger partial charge in [-0.3, -0.25) is 24.5 Å². The molecule has 2 amide bonds. The molecule has 252 valence electrons. The Morgan fingerprint density at radius 1 is 0.796 bits per heavy atom. The van der Waals surface area contributed by atoms with E-state index in [1.54, 1.807) is 36.7 Å². The van der Waals surface area contributed by atoms with Crippen molar-refractivity contribution in [1.82, 2.24) is 20.5 Å². The Balaban J connectivity index is 1.27. The van der Waals surface area contributed by atoms with E-state index < -0.39 is 6.04 Å². The highest BCUT2D eigenvalue weighted by Crippen LogP contribution is 2.24. The molecule has 0 aliphatic rings. The lowest BCUT2D eigenvalue weighted by Gasteiger charge is -2.23. The molecule has 0 aliphatic heterocycles. The quantitative estimate of drug-likeness (QED) is 0.0655. The smallest absolute Gasteiger partial charge is 0.251 e. The van der Waals surface area contributed by atoms with Crippen LogP contribution in [0.15, 0.2) is 121 Å². The maximum absolute atomic E-state index is 13.6. The third kappa shape index (κ3) is 10.2. The van der Waals surface area contributed by atoms with E-state index in [-0.39, 0.29) is 29.6 Å². The molecule has 4 aromatic carbocycles. The van der Waals surface area contributed by atoms with E-state index >= 15 is 0 Å². The number of benzene rings is 4. The number of carbonyl (C=O) groups excluding carboxylic acids is 2. The van der Waals surface area contributed by atoms with Crippen molar-refractivity contribution in [3.05, 3.63) is 149 Å². The van der Waals surface area contributed by atoms with Crippen LogP contribution < -0.4 is 22.1 Å². The lowest BCUT2D eigenvalue weighted by molar-refractivity contribution is -0.123. The number of aromatic nitrogens is 1. The van der Waals surface area contributed by atoms with E-state index in [4.69, 9.17) is 11.5 Å². The molecule has 0 saturated heterocycles. The number of nitrogens with zero attached hydrogens (tertiary/aromatic N) is 3. The molecule has 49 heavy (non-hydrogen) atoms. The van der Waals surface area contributed by atoms with Crippen molar-refractivity contribution in [1.29, 1.82) is 0 Å². The number of hydrogen-bond acceptors (Lipinski definition) is 5. The molecule has 1 aromatic heterocycles. The summed E-state index contributed by atoms with van der Waals surface area (Å²) in [6.45, 7) is 4.15. The second kappa shape index (κ2) is 17.0. The number of guanidine groups is 1. The third-order valence-electron chi connectivity index (χ3n) is 8.31. The summed E-state index contributed by atoms with van der Waals surface area (Å²) in [6.07, 6.45) is 4.37. The van der Waals surface area contributed by atoms with E-state index in [1.807, 2.05) is 73.7 Å². The molecule has 0 spiro atoms. The standard InChI is InChI=1S/C39H42FN7O2/c1-27(34-9-4-7-31-6-2-3-8-35(31)34)45-38(49)36(10-5-21-44-39(41)42)46-37(48)32-15-11-28(12-16-32)24-47(26-30-19-22-43-23-20-30)25-29-13-17-33(40)18-14-29/h2-4,6-9,11-20,22-23,27,36H,5,10,21,24-26H2,1H3,(H,45,49)(H,46,48)(H4,41,42,44)/t27-,36-/m0/s1. The second-order valence-corrected chi connectivity index (χ2v) is 12.1. The van der Waals surface area contributed by atoms with Crippen LogP contribution in [0.25, 0.3) is 10.8 Å². The maximum atomic E-state index is 13.6. The Kier molecular flexibility index (Phi) is 12.0. The van der Waals surface area contributed by atoms with Gasteiger partial charge in [0.15, 0.2) is 5.96 Å². The average molecular weight is 660 g/mol. The topological polar surface area (TPSA) is 139 Å². The van der Waals surface area contributed by atoms with Crippen LogP contribution in [-0.4, -0.2) is 40.2 Å². The van der Waals surface area contributed by atoms with E-state index in [1.165, 1.54) is 12.1 Å². The van der Waals surface area contributed by atoms with E-state index in [0.29, 0.717) is 44.6 Å². The highest BCUT2D eigenvalue weighted by molar-refractivity contribution is 5.97. The molecule has 0 bridgehead atoms. The molecule has 9 nitrogen and oxygen atoms in total. The first-order chi connectivity index (χ1) is 23.7. The molecule has 0 radical (unpaired) electrons. The number of nitrogens with two attached hydrogens (primary N) is 2. The molecule has 6 N–H and O–H groups in total. The predicted molar refractivity (Wildman–Crippen MR) is 192 cm³/mol. The summed E-state index contributed by atoms with van der Waals surface area (Å²) in [5.41, 5.74) is 15.5. The van der Waals surface area contributed by atoms with Crippen LogP contribution in [0.2, 0.25) is 0 Å². The third-order valence-corrected chi connectivity index (χ3v) is 8.31. The summed E-state index contributed by atoms with van der Waals surface area (Å²) in [5, 5.41) is 8.18. The lowest BCUT2D eigenvalue weighted by atomic mass is 9.99. The lowest BCUT2D eigenvalue weighted by Crippen LogP contribution is -2.47. The van der Waals surface area contributed by atoms with Gasteiger partial charge in [0.25, 0.3) is 5.91 Å². The fourth-order valence-corrected chi connectivity index (χ4v) is 5.82. The Morgan fingerprint density at radius 3 is 2.08 bits per heavy atom. The number of nitrogens with one attached hydrogen (secondary N) is 2. The molecular weight excluding hydrogens is 617 g/mol. The first-order valence-corrected chi connectivity index (χ1v) is 16.3. The number of hydrogen-bond donors (Lipinski definition) is 4. The van der Waals surface area contributed by atoms with Crippen molar-refractivity contribution in [3.63, 3.8) is 0 Å². The van der Waals surface area contributed by atoms with Crippen molar-refractivity contribution in [2.24, 2.45) is 16.5 Å². The number of aliphatic imine (C=N–C) groups is 1. The van der Waals surface area contributed by atoms with Crippen LogP contribution in [0.1, 0.15) is 58.4 Å². The monoisotopic (exact) mass is 659 g/mol. The van der Waals surface area contributed by atoms with Crippen LogP contribution in [0.4, 0.5) is 4.39 Å². The van der Waals surface area contributed by atoms with Crippen LogP contribution in [0.3, 0.4) is 0 Å². The highest BCUT2D eigenvalue weighted by atomic mass is 19.1. The zero-order valence-corrected chi connectivity index (χ0v) is 27.6. The van der Waals surface area contributed by atoms with Gasteiger partial charge >= 0.3 is 0 Å². The molecular formula is C39H42FN7O2. The first kappa shape index (κ1) is 34.7. The SMILES string of the molecule is C[C@H](NC(=O)[C@H](CCCN=C(N)N)NC(=O)c1ccc(CN(Cc2ccncc2)Cc2ccc(F)cc2)cc1)c1cccc2ccccc12. The molecule has 1 heterocycles. The number of halogens is 1. The van der Waals surface area contributed by atoms with Gasteiger partial charge in [-0.05, 0) is 89.2 Å². The largest absolute Gasteiger partial charge is 0.370 e. The number of carbonyl (C=O) groups is 2. The van der Waals surface area contributed by atoms with Crippen LogP contribution in [0, 0.1) is 5.82 Å². The molecule has 0 saturated carbocycles. The Hall–Kier alpha value is -5.61. The molecule has 10 heteroatoms. The molecule has 2 atom stereocenters. The Morgan fingerprint density at radius 2 is 1.41 bits per heavy atom. The summed E-state index contributed by atoms with van der Waals surface area (Å²) < 4.78 is 13.5. The van der Waals surface area contributed by atoms with Crippen LogP contribution in [0.5, 0.6) is 0 Å². The summed E-state index contributed by atoms with van der Waals surface area (Å²) in [7, 11) is 0. The fourth-order valence-electron chi connectivity index (χ4n) is 5.82. The zero-order chi connectivity index (χ0) is 34.6. The minimum Gasteiger partial charge on any atom is -0.370 e. The Labute approximate surface area is 286 Å². The summed E-state index contributed by atoms with van der Waals surface area (Å²) >= 11 is 0. The van der Waals surface area contributed by atoms with E-state index in [2.05, 4.69) is 25.5 Å². The zero-order valence-electron chi connectivity index (χ0n) is 27.6. The number of amides is 2. The summed E-state index contributed by atoms with van der Waals surface area (Å²) in [4.78, 5) is 37.5. The molecule has 5 aromatic rings. The van der Waals surface area contributed by atoms with Gasteiger partial charge in [-0.2, -0.15) is 0 Å². The summed E-state index contributed by atoms with van der Waals surface area (Å²) in [6, 6.07) is 30.7. The van der Waals surface area contributed by atoms with Crippen molar-refractivity contribution in [2.45, 2.75) is 51.5 Å². The van der Waals surface area contributed by atoms with Gasteiger partial charge in [0.2, 0.25) is 5.91 Å². The first-order valence-electron chi connectivity index (χ1n) is 16.3. The van der Waals surface area contributed by atoms with Crippen molar-refractivity contribution >= 4 is 28.5 Å². The molecule has 0 fully saturated rings. The van der Waals surface area contributed by atoms with Gasteiger partial charge < -0.3 is 22.1 Å². The van der Waals surface area contributed by atoms with Gasteiger partial charge in [0, 0.05) is 44.1 Å². The molecule has 0 unspecified atom stereocenters. The minimum absolute atomic E-state index is 0.0216. The fraction of sp³-hybridized carbons (Fsp3) is 0.231. The summed E-state index contributed by atoms with van der Waals surface area (Å²) in [5.74, 6) is -0.938. The average Bonchev–Trinajstić information content (AvgIpc) is 3.10. The molecule has 0 aliphatic carbocycles. The van der Waals surface area contributed by atoms with Crippen molar-refractivity contribution in [2.75, 3.05) is 6.54 Å². The van der Waals surface area contributed by atoms with Crippen molar-refractivity contribution < 1.29 is 14.0 Å². The van der Waals surface area contributed by atoms with E-state index in [0.717, 1.165) is 33.0 Å². The predicted octanol–water partition coefficient (Wildman–Crippen LogP) is 5.61. The number of fused-ring (bicyclic) bond motifs is 1. The van der Waals surface area contributed by atoms with Gasteiger partial charge in [-0.15, -0.1) is 0 Å². The van der Waals surface area contributed by atoms with Crippen LogP contribution in [-0.2, 0) is 24.4 Å². The highest BCUT2D eigenvalue weighted by Gasteiger charge is 2.24. The second-order valence-electron chi connectivity index (χ2n) is 12.1.